The molecule has 2 aliphatic rings. The third kappa shape index (κ3) is 1.99. The van der Waals surface area contributed by atoms with Crippen LogP contribution in [0.2, 0.25) is 0 Å². The highest BCUT2D eigenvalue weighted by Gasteiger charge is 2.45. The fraction of sp³-hybridized carbons (Fsp3) is 0.421. The van der Waals surface area contributed by atoms with Gasteiger partial charge in [-0.25, -0.2) is 0 Å². The number of rotatable bonds is 1. The van der Waals surface area contributed by atoms with E-state index in [0.29, 0.717) is 12.1 Å². The molecule has 2 bridgehead atoms. The molecule has 2 aromatic rings. The van der Waals surface area contributed by atoms with Gasteiger partial charge < -0.3 is 10.0 Å². The molecule has 112 valence electrons. The zero-order valence-electron chi connectivity index (χ0n) is 12.8. The van der Waals surface area contributed by atoms with Crippen molar-refractivity contribution >= 4 is 16.5 Å². The third-order valence-electron chi connectivity index (χ3n) is 5.27. The second-order valence-corrected chi connectivity index (χ2v) is 6.99. The van der Waals surface area contributed by atoms with Crippen molar-refractivity contribution < 1.29 is 5.11 Å². The van der Waals surface area contributed by atoms with Gasteiger partial charge in [-0.15, -0.1) is 0 Å². The van der Waals surface area contributed by atoms with Crippen molar-refractivity contribution in [2.45, 2.75) is 50.3 Å². The van der Waals surface area contributed by atoms with Gasteiger partial charge in [-0.05, 0) is 44.7 Å². The highest BCUT2D eigenvalue weighted by Crippen LogP contribution is 2.45. The predicted molar refractivity (Wildman–Crippen MR) is 87.8 cm³/mol. The molecule has 2 fully saturated rings. The predicted octanol–water partition coefficient (Wildman–Crippen LogP) is 3.59. The summed E-state index contributed by atoms with van der Waals surface area (Å²) in [4.78, 5) is 2.50. The molecule has 1 N–H and O–H groups in total. The van der Waals surface area contributed by atoms with Gasteiger partial charge in [0.15, 0.2) is 0 Å². The Morgan fingerprint density at radius 3 is 2.36 bits per heavy atom. The van der Waals surface area contributed by atoms with Crippen LogP contribution >= 0.6 is 0 Å². The van der Waals surface area contributed by atoms with Crippen LogP contribution in [0.3, 0.4) is 0 Å². The third-order valence-corrected chi connectivity index (χ3v) is 5.27. The Morgan fingerprint density at radius 1 is 1.09 bits per heavy atom. The minimum atomic E-state index is -0.537. The van der Waals surface area contributed by atoms with Gasteiger partial charge in [0.05, 0.1) is 17.2 Å². The monoisotopic (exact) mass is 292 g/mol. The molecular formula is C19H20N2O. The fourth-order valence-electron chi connectivity index (χ4n) is 4.46. The summed E-state index contributed by atoms with van der Waals surface area (Å²) in [5.74, 6) is 0. The summed E-state index contributed by atoms with van der Waals surface area (Å²) in [6, 6.07) is 15.3. The number of aliphatic hydroxyl groups is 1. The Bertz CT molecular complexity index is 759. The quantitative estimate of drug-likeness (QED) is 0.873. The number of anilines is 1. The molecular weight excluding hydrogens is 272 g/mol. The molecule has 2 heterocycles. The summed E-state index contributed by atoms with van der Waals surface area (Å²) in [6.07, 6.45) is 3.96. The maximum Gasteiger partial charge on any atom is 0.0998 e. The lowest BCUT2D eigenvalue weighted by Crippen LogP contribution is -2.49. The lowest BCUT2D eigenvalue weighted by atomic mass is 9.87. The number of hydrogen-bond donors (Lipinski definition) is 1. The zero-order chi connectivity index (χ0) is 15.3. The van der Waals surface area contributed by atoms with Gasteiger partial charge in [-0.3, -0.25) is 0 Å². The minimum absolute atomic E-state index is 0.407. The van der Waals surface area contributed by atoms with E-state index in [-0.39, 0.29) is 0 Å². The van der Waals surface area contributed by atoms with Crippen molar-refractivity contribution in [2.75, 3.05) is 4.90 Å². The maximum atomic E-state index is 10.4. The smallest absolute Gasteiger partial charge is 0.0998 e. The molecule has 0 saturated carbocycles. The molecule has 2 saturated heterocycles. The van der Waals surface area contributed by atoms with Crippen LogP contribution in [-0.2, 0) is 0 Å². The van der Waals surface area contributed by atoms with E-state index in [1.807, 2.05) is 31.2 Å². The molecule has 3 nitrogen and oxygen atoms in total. The molecule has 0 aromatic heterocycles. The number of fused-ring (bicyclic) bond motifs is 3. The van der Waals surface area contributed by atoms with Gasteiger partial charge >= 0.3 is 0 Å². The van der Waals surface area contributed by atoms with Crippen molar-refractivity contribution in [3.8, 4) is 6.07 Å². The highest BCUT2D eigenvalue weighted by molar-refractivity contribution is 5.98. The highest BCUT2D eigenvalue weighted by atomic mass is 16.3. The lowest BCUT2D eigenvalue weighted by Gasteiger charge is -2.44. The molecule has 4 rings (SSSR count). The van der Waals surface area contributed by atoms with E-state index < -0.39 is 5.60 Å². The SMILES string of the molecule is CC1(O)C[C@H]2CC[C@@H](C1)N2c1ccc(C#N)c2ccccc12. The van der Waals surface area contributed by atoms with Crippen LogP contribution in [0.5, 0.6) is 0 Å². The van der Waals surface area contributed by atoms with Crippen molar-refractivity contribution in [3.05, 3.63) is 42.0 Å². The van der Waals surface area contributed by atoms with Crippen molar-refractivity contribution in [1.29, 1.82) is 5.26 Å². The first kappa shape index (κ1) is 13.6. The molecule has 2 aromatic carbocycles. The van der Waals surface area contributed by atoms with Crippen LogP contribution in [0.15, 0.2) is 36.4 Å². The number of piperidine rings is 1. The van der Waals surface area contributed by atoms with Crippen LogP contribution in [0.4, 0.5) is 5.69 Å². The van der Waals surface area contributed by atoms with Crippen LogP contribution in [0.25, 0.3) is 10.8 Å². The van der Waals surface area contributed by atoms with Crippen molar-refractivity contribution in [2.24, 2.45) is 0 Å². The molecule has 3 heteroatoms. The Labute approximate surface area is 130 Å². The van der Waals surface area contributed by atoms with Crippen LogP contribution in [0.1, 0.15) is 38.2 Å². The number of hydrogen-bond acceptors (Lipinski definition) is 3. The second-order valence-electron chi connectivity index (χ2n) is 6.99. The van der Waals surface area contributed by atoms with Gasteiger partial charge in [-0.2, -0.15) is 5.26 Å². The Kier molecular flexibility index (Phi) is 2.92. The maximum absolute atomic E-state index is 10.4. The average Bonchev–Trinajstić information content (AvgIpc) is 2.78. The molecule has 0 spiro atoms. The van der Waals surface area contributed by atoms with Gasteiger partial charge in [0.25, 0.3) is 0 Å². The van der Waals surface area contributed by atoms with Crippen molar-refractivity contribution in [3.63, 3.8) is 0 Å². The number of nitriles is 1. The van der Waals surface area contributed by atoms with E-state index in [2.05, 4.69) is 23.1 Å². The van der Waals surface area contributed by atoms with Gasteiger partial charge in [0, 0.05) is 28.5 Å². The minimum Gasteiger partial charge on any atom is -0.390 e. The largest absolute Gasteiger partial charge is 0.390 e. The van der Waals surface area contributed by atoms with E-state index in [0.717, 1.165) is 42.0 Å². The average molecular weight is 292 g/mol. The summed E-state index contributed by atoms with van der Waals surface area (Å²) in [5.41, 5.74) is 1.42. The summed E-state index contributed by atoms with van der Waals surface area (Å²) >= 11 is 0. The van der Waals surface area contributed by atoms with E-state index >= 15 is 0 Å². The Balaban J connectivity index is 1.85. The molecule has 0 radical (unpaired) electrons. The first-order valence-corrected chi connectivity index (χ1v) is 8.02. The molecule has 0 amide bonds. The number of nitrogens with zero attached hydrogens (tertiary/aromatic N) is 2. The lowest BCUT2D eigenvalue weighted by molar-refractivity contribution is 0.0200. The zero-order valence-corrected chi connectivity index (χ0v) is 12.8. The van der Waals surface area contributed by atoms with Gasteiger partial charge in [0.2, 0.25) is 0 Å². The molecule has 3 atom stereocenters. The molecule has 2 aliphatic heterocycles. The van der Waals surface area contributed by atoms with Crippen LogP contribution < -0.4 is 4.90 Å². The first-order chi connectivity index (χ1) is 10.6. The van der Waals surface area contributed by atoms with E-state index in [9.17, 15) is 10.4 Å². The van der Waals surface area contributed by atoms with Gasteiger partial charge in [-0.1, -0.05) is 24.3 Å². The number of benzene rings is 2. The fourth-order valence-corrected chi connectivity index (χ4v) is 4.46. The van der Waals surface area contributed by atoms with Crippen LogP contribution in [0, 0.1) is 11.3 Å². The first-order valence-electron chi connectivity index (χ1n) is 8.02. The van der Waals surface area contributed by atoms with E-state index in [1.54, 1.807) is 0 Å². The van der Waals surface area contributed by atoms with Crippen molar-refractivity contribution in [1.82, 2.24) is 0 Å². The van der Waals surface area contributed by atoms with E-state index in [4.69, 9.17) is 0 Å². The standard InChI is InChI=1S/C19H20N2O/c1-19(22)10-14-7-8-15(11-19)21(14)18-9-6-13(12-20)16-4-2-3-5-17(16)18/h2-6,9,14-15,22H,7-8,10-11H2,1H3/t14-,15+,19?. The van der Waals surface area contributed by atoms with E-state index in [1.165, 1.54) is 5.69 Å². The second kappa shape index (κ2) is 4.72. The van der Waals surface area contributed by atoms with Gasteiger partial charge in [0.1, 0.15) is 0 Å². The summed E-state index contributed by atoms with van der Waals surface area (Å²) < 4.78 is 0. The molecule has 0 aliphatic carbocycles. The summed E-state index contributed by atoms with van der Waals surface area (Å²) in [5, 5.41) is 22.0. The molecule has 1 unspecified atom stereocenters. The summed E-state index contributed by atoms with van der Waals surface area (Å²) in [6.45, 7) is 1.96. The Hall–Kier alpha value is -2.05. The van der Waals surface area contributed by atoms with Crippen LogP contribution in [-0.4, -0.2) is 22.8 Å². The summed E-state index contributed by atoms with van der Waals surface area (Å²) in [7, 11) is 0. The Morgan fingerprint density at radius 2 is 1.73 bits per heavy atom. The normalized spacial score (nSPS) is 30.5. The molecule has 22 heavy (non-hydrogen) atoms. The topological polar surface area (TPSA) is 47.3 Å².